The minimum absolute atomic E-state index is 0.466. The lowest BCUT2D eigenvalue weighted by Gasteiger charge is -2.12. The normalized spacial score (nSPS) is 10.5. The van der Waals surface area contributed by atoms with Crippen LogP contribution < -0.4 is 10.1 Å². The Morgan fingerprint density at radius 2 is 1.76 bits per heavy atom. The first-order valence-electron chi connectivity index (χ1n) is 8.38. The Kier molecular flexibility index (Phi) is 5.62. The molecule has 2 nitrogen and oxygen atoms in total. The van der Waals surface area contributed by atoms with Gasteiger partial charge in [-0.1, -0.05) is 54.1 Å². The van der Waals surface area contributed by atoms with Gasteiger partial charge in [-0.25, -0.2) is 0 Å². The molecule has 0 radical (unpaired) electrons. The molecule has 3 aromatic rings. The van der Waals surface area contributed by atoms with Crippen LogP contribution in [-0.2, 0) is 13.2 Å². The highest BCUT2D eigenvalue weighted by molar-refractivity contribution is 6.31. The molecule has 0 aliphatic heterocycles. The van der Waals surface area contributed by atoms with E-state index in [2.05, 4.69) is 49.5 Å². The molecule has 0 saturated heterocycles. The molecule has 0 bridgehead atoms. The van der Waals surface area contributed by atoms with Gasteiger partial charge in [-0.2, -0.15) is 0 Å². The van der Waals surface area contributed by atoms with Crippen molar-refractivity contribution in [2.75, 3.05) is 5.32 Å². The molecule has 0 atom stereocenters. The zero-order valence-corrected chi connectivity index (χ0v) is 15.3. The van der Waals surface area contributed by atoms with E-state index in [1.165, 1.54) is 22.4 Å². The SMILES string of the molecule is Cc1ccc(C)c(NCc2cccc(OCc3ccccc3Cl)c2)c1. The lowest BCUT2D eigenvalue weighted by Crippen LogP contribution is -2.02. The first kappa shape index (κ1) is 17.4. The molecule has 0 aliphatic carbocycles. The molecule has 0 heterocycles. The van der Waals surface area contributed by atoms with Gasteiger partial charge in [0, 0.05) is 22.8 Å². The highest BCUT2D eigenvalue weighted by Crippen LogP contribution is 2.21. The molecule has 3 heteroatoms. The summed E-state index contributed by atoms with van der Waals surface area (Å²) in [5, 5.41) is 4.24. The minimum Gasteiger partial charge on any atom is -0.489 e. The molecule has 0 saturated carbocycles. The molecule has 25 heavy (non-hydrogen) atoms. The van der Waals surface area contributed by atoms with Crippen molar-refractivity contribution >= 4 is 17.3 Å². The second kappa shape index (κ2) is 8.09. The molecule has 0 fully saturated rings. The summed E-state index contributed by atoms with van der Waals surface area (Å²) in [6.45, 7) is 5.44. The summed E-state index contributed by atoms with van der Waals surface area (Å²) in [6.07, 6.45) is 0. The summed E-state index contributed by atoms with van der Waals surface area (Å²) in [7, 11) is 0. The molecular formula is C22H22ClNO. The third-order valence-electron chi connectivity index (χ3n) is 4.13. The van der Waals surface area contributed by atoms with E-state index in [0.29, 0.717) is 6.61 Å². The summed E-state index contributed by atoms with van der Waals surface area (Å²) >= 11 is 6.18. The number of anilines is 1. The van der Waals surface area contributed by atoms with E-state index in [1.54, 1.807) is 0 Å². The summed E-state index contributed by atoms with van der Waals surface area (Å²) in [5.74, 6) is 0.847. The predicted octanol–water partition coefficient (Wildman–Crippen LogP) is 6.15. The highest BCUT2D eigenvalue weighted by atomic mass is 35.5. The number of ether oxygens (including phenoxy) is 1. The van der Waals surface area contributed by atoms with Crippen LogP contribution in [0.3, 0.4) is 0 Å². The highest BCUT2D eigenvalue weighted by Gasteiger charge is 2.03. The van der Waals surface area contributed by atoms with Crippen molar-refractivity contribution in [2.45, 2.75) is 27.0 Å². The van der Waals surface area contributed by atoms with Crippen molar-refractivity contribution in [1.82, 2.24) is 0 Å². The number of benzene rings is 3. The monoisotopic (exact) mass is 351 g/mol. The van der Waals surface area contributed by atoms with Gasteiger partial charge in [0.05, 0.1) is 0 Å². The van der Waals surface area contributed by atoms with Crippen molar-refractivity contribution < 1.29 is 4.74 Å². The van der Waals surface area contributed by atoms with Crippen molar-refractivity contribution in [3.05, 3.63) is 94.0 Å². The molecule has 0 spiro atoms. The van der Waals surface area contributed by atoms with Gasteiger partial charge < -0.3 is 10.1 Å². The van der Waals surface area contributed by atoms with Gasteiger partial charge in [-0.3, -0.25) is 0 Å². The Bertz CT molecular complexity index is 860. The van der Waals surface area contributed by atoms with Gasteiger partial charge in [-0.05, 0) is 54.8 Å². The van der Waals surface area contributed by atoms with Crippen LogP contribution in [0.2, 0.25) is 5.02 Å². The van der Waals surface area contributed by atoms with E-state index in [9.17, 15) is 0 Å². The zero-order chi connectivity index (χ0) is 17.6. The smallest absolute Gasteiger partial charge is 0.120 e. The van der Waals surface area contributed by atoms with Gasteiger partial charge >= 0.3 is 0 Å². The Hall–Kier alpha value is -2.45. The Balaban J connectivity index is 1.63. The number of nitrogens with one attached hydrogen (secondary N) is 1. The van der Waals surface area contributed by atoms with Gasteiger partial charge in [0.1, 0.15) is 12.4 Å². The van der Waals surface area contributed by atoms with Crippen LogP contribution in [0, 0.1) is 13.8 Å². The van der Waals surface area contributed by atoms with Gasteiger partial charge in [-0.15, -0.1) is 0 Å². The first-order valence-corrected chi connectivity index (χ1v) is 8.76. The Labute approximate surface area is 154 Å². The maximum Gasteiger partial charge on any atom is 0.120 e. The maximum absolute atomic E-state index is 6.18. The van der Waals surface area contributed by atoms with Crippen LogP contribution in [0.5, 0.6) is 5.75 Å². The maximum atomic E-state index is 6.18. The lowest BCUT2D eigenvalue weighted by atomic mass is 10.1. The van der Waals surface area contributed by atoms with Crippen LogP contribution >= 0.6 is 11.6 Å². The average Bonchev–Trinajstić information content (AvgIpc) is 2.62. The molecule has 3 rings (SSSR count). The Morgan fingerprint density at radius 1 is 0.920 bits per heavy atom. The molecule has 0 aromatic heterocycles. The van der Waals surface area contributed by atoms with Crippen molar-refractivity contribution in [3.63, 3.8) is 0 Å². The van der Waals surface area contributed by atoms with E-state index in [-0.39, 0.29) is 0 Å². The second-order valence-electron chi connectivity index (χ2n) is 6.20. The van der Waals surface area contributed by atoms with Crippen LogP contribution in [-0.4, -0.2) is 0 Å². The average molecular weight is 352 g/mol. The molecule has 0 unspecified atom stereocenters. The topological polar surface area (TPSA) is 21.3 Å². The van der Waals surface area contributed by atoms with E-state index < -0.39 is 0 Å². The number of rotatable bonds is 6. The predicted molar refractivity (Wildman–Crippen MR) is 105 cm³/mol. The molecule has 0 amide bonds. The summed E-state index contributed by atoms with van der Waals surface area (Å²) in [5.41, 5.74) is 5.84. The third-order valence-corrected chi connectivity index (χ3v) is 4.50. The standard InChI is InChI=1S/C22H22ClNO/c1-16-10-11-17(2)22(12-16)24-14-18-6-5-8-20(13-18)25-15-19-7-3-4-9-21(19)23/h3-13,24H,14-15H2,1-2H3. The number of hydrogen-bond donors (Lipinski definition) is 1. The van der Waals surface area contributed by atoms with Crippen molar-refractivity contribution in [1.29, 1.82) is 0 Å². The number of aryl methyl sites for hydroxylation is 2. The largest absolute Gasteiger partial charge is 0.489 e. The van der Waals surface area contributed by atoms with Crippen LogP contribution in [0.15, 0.2) is 66.7 Å². The van der Waals surface area contributed by atoms with Crippen molar-refractivity contribution in [2.24, 2.45) is 0 Å². The molecule has 1 N–H and O–H groups in total. The summed E-state index contributed by atoms with van der Waals surface area (Å²) in [6, 6.07) is 22.3. The summed E-state index contributed by atoms with van der Waals surface area (Å²) < 4.78 is 5.90. The number of halogens is 1. The van der Waals surface area contributed by atoms with E-state index in [0.717, 1.165) is 22.9 Å². The third kappa shape index (κ3) is 4.77. The molecule has 0 aliphatic rings. The van der Waals surface area contributed by atoms with E-state index in [1.807, 2.05) is 36.4 Å². The van der Waals surface area contributed by atoms with Crippen LogP contribution in [0.1, 0.15) is 22.3 Å². The van der Waals surface area contributed by atoms with Crippen molar-refractivity contribution in [3.8, 4) is 5.75 Å². The molecule has 128 valence electrons. The van der Waals surface area contributed by atoms with E-state index in [4.69, 9.17) is 16.3 Å². The van der Waals surface area contributed by atoms with Gasteiger partial charge in [0.25, 0.3) is 0 Å². The lowest BCUT2D eigenvalue weighted by molar-refractivity contribution is 0.306. The molecule has 3 aromatic carbocycles. The fourth-order valence-corrected chi connectivity index (χ4v) is 2.84. The fourth-order valence-electron chi connectivity index (χ4n) is 2.65. The molecular weight excluding hydrogens is 330 g/mol. The van der Waals surface area contributed by atoms with Crippen LogP contribution in [0.25, 0.3) is 0 Å². The fraction of sp³-hybridized carbons (Fsp3) is 0.182. The number of hydrogen-bond acceptors (Lipinski definition) is 2. The Morgan fingerprint density at radius 3 is 2.60 bits per heavy atom. The summed E-state index contributed by atoms with van der Waals surface area (Å²) in [4.78, 5) is 0. The quantitative estimate of drug-likeness (QED) is 0.575. The minimum atomic E-state index is 0.466. The van der Waals surface area contributed by atoms with Crippen LogP contribution in [0.4, 0.5) is 5.69 Å². The van der Waals surface area contributed by atoms with Gasteiger partial charge in [0.15, 0.2) is 0 Å². The van der Waals surface area contributed by atoms with Gasteiger partial charge in [0.2, 0.25) is 0 Å². The second-order valence-corrected chi connectivity index (χ2v) is 6.61. The van der Waals surface area contributed by atoms with E-state index >= 15 is 0 Å². The zero-order valence-electron chi connectivity index (χ0n) is 14.6. The first-order chi connectivity index (χ1) is 12.1.